The van der Waals surface area contributed by atoms with Crippen LogP contribution in [-0.2, 0) is 30.4 Å². The molecule has 7 N–H and O–H groups in total. The molecule has 176 valence electrons. The summed E-state index contributed by atoms with van der Waals surface area (Å²) in [5, 5.41) is 26.7. The quantitative estimate of drug-likeness (QED) is 0.161. The molecule has 0 saturated heterocycles. The van der Waals surface area contributed by atoms with Gasteiger partial charge in [0.25, 0.3) is 30.4 Å². The van der Waals surface area contributed by atoms with Gasteiger partial charge in [-0.2, -0.15) is 25.3 Å². The first kappa shape index (κ1) is 24.3. The van der Waals surface area contributed by atoms with Crippen molar-refractivity contribution in [2.45, 2.75) is 14.7 Å². The van der Waals surface area contributed by atoms with Crippen molar-refractivity contribution in [3.63, 3.8) is 0 Å². The number of fused-ring (bicyclic) bond motifs is 1. The van der Waals surface area contributed by atoms with Crippen LogP contribution in [0.15, 0.2) is 61.3 Å². The van der Waals surface area contributed by atoms with Crippen LogP contribution in [0.3, 0.4) is 0 Å². The van der Waals surface area contributed by atoms with E-state index in [0.29, 0.717) is 12.1 Å². The summed E-state index contributed by atoms with van der Waals surface area (Å²) in [6, 6.07) is 4.61. The van der Waals surface area contributed by atoms with Crippen LogP contribution in [0.2, 0.25) is 0 Å². The minimum Gasteiger partial charge on any atom is -0.506 e. The summed E-state index contributed by atoms with van der Waals surface area (Å²) < 4.78 is 96.9. The number of azo groups is 1. The number of hydrogen-bond acceptors (Lipinski definition) is 11. The van der Waals surface area contributed by atoms with E-state index in [0.717, 1.165) is 24.3 Å². The fraction of sp³-hybridized carbons (Fsp3) is 0. The molecule has 0 aliphatic rings. The lowest BCUT2D eigenvalue weighted by Crippen LogP contribution is -2.02. The van der Waals surface area contributed by atoms with Crippen LogP contribution in [0.4, 0.5) is 17.1 Å². The van der Waals surface area contributed by atoms with Gasteiger partial charge in [0, 0.05) is 11.1 Å². The molecule has 0 radical (unpaired) electrons. The Labute approximate surface area is 185 Å². The van der Waals surface area contributed by atoms with Crippen molar-refractivity contribution in [3.8, 4) is 11.5 Å². The SMILES string of the molecule is Nc1cc(S(=O)(=O)O)cc2cc(S(=O)(=O)O)c(N=Nc3cc(S(=O)(=O)O)ccc3O)c(O)c12. The Morgan fingerprint density at radius 2 is 1.33 bits per heavy atom. The van der Waals surface area contributed by atoms with Crippen molar-refractivity contribution in [1.29, 1.82) is 0 Å². The molecule has 33 heavy (non-hydrogen) atoms. The molecule has 0 fully saturated rings. The Morgan fingerprint density at radius 3 is 1.88 bits per heavy atom. The zero-order chi connectivity index (χ0) is 24.9. The monoisotopic (exact) mass is 519 g/mol. The number of anilines is 1. The normalized spacial score (nSPS) is 13.1. The maximum atomic E-state index is 11.9. The van der Waals surface area contributed by atoms with Gasteiger partial charge in [0.1, 0.15) is 22.0 Å². The lowest BCUT2D eigenvalue weighted by Gasteiger charge is -2.12. The van der Waals surface area contributed by atoms with Gasteiger partial charge in [0.2, 0.25) is 0 Å². The predicted octanol–water partition coefficient (Wildman–Crippen LogP) is 1.99. The first-order valence-electron chi connectivity index (χ1n) is 8.26. The fourth-order valence-corrected chi connectivity index (χ4v) is 4.49. The number of nitrogen functional groups attached to an aromatic ring is 1. The molecule has 0 saturated carbocycles. The Balaban J connectivity index is 2.34. The van der Waals surface area contributed by atoms with Gasteiger partial charge in [-0.05, 0) is 41.8 Å². The average molecular weight is 519 g/mol. The van der Waals surface area contributed by atoms with Gasteiger partial charge in [-0.15, -0.1) is 10.2 Å². The van der Waals surface area contributed by atoms with E-state index < -0.39 is 73.6 Å². The standard InChI is InChI=1S/C16H13N3O11S3/c17-10-5-9(32(25,26)27)3-7-4-13(33(28,29)30)15(16(21)14(7)10)19-18-11-6-8(31(22,23)24)1-2-12(11)20/h1-6,20-21H,17H2,(H,22,23,24)(H,25,26,27)(H,28,29,30). The number of phenols is 2. The van der Waals surface area contributed by atoms with E-state index in [9.17, 15) is 44.6 Å². The van der Waals surface area contributed by atoms with Gasteiger partial charge >= 0.3 is 0 Å². The van der Waals surface area contributed by atoms with Crippen molar-refractivity contribution in [3.05, 3.63) is 36.4 Å². The summed E-state index contributed by atoms with van der Waals surface area (Å²) in [5.41, 5.74) is 3.84. The Hall–Kier alpha value is -3.35. The second kappa shape index (κ2) is 7.90. The molecule has 14 nitrogen and oxygen atoms in total. The average Bonchev–Trinajstić information content (AvgIpc) is 2.65. The van der Waals surface area contributed by atoms with Gasteiger partial charge in [-0.3, -0.25) is 13.7 Å². The molecule has 0 aliphatic heterocycles. The maximum Gasteiger partial charge on any atom is 0.296 e. The van der Waals surface area contributed by atoms with Crippen molar-refractivity contribution >= 4 is 58.2 Å². The number of nitrogens with two attached hydrogens (primary N) is 1. The Bertz CT molecular complexity index is 1660. The van der Waals surface area contributed by atoms with Crippen molar-refractivity contribution < 1.29 is 49.1 Å². The van der Waals surface area contributed by atoms with E-state index in [1.807, 2.05) is 0 Å². The van der Waals surface area contributed by atoms with Crippen molar-refractivity contribution in [2.24, 2.45) is 10.2 Å². The molecule has 0 spiro atoms. The third-order valence-electron chi connectivity index (χ3n) is 4.23. The minimum atomic E-state index is -5.12. The zero-order valence-electron chi connectivity index (χ0n) is 15.8. The molecule has 3 rings (SSSR count). The highest BCUT2D eigenvalue weighted by Gasteiger charge is 2.25. The van der Waals surface area contributed by atoms with E-state index in [1.54, 1.807) is 0 Å². The number of rotatable bonds is 5. The summed E-state index contributed by atoms with van der Waals surface area (Å²) in [6.45, 7) is 0. The third-order valence-corrected chi connectivity index (χ3v) is 6.78. The van der Waals surface area contributed by atoms with Crippen LogP contribution in [0.5, 0.6) is 11.5 Å². The van der Waals surface area contributed by atoms with Crippen molar-refractivity contribution in [1.82, 2.24) is 0 Å². The highest BCUT2D eigenvalue weighted by molar-refractivity contribution is 7.86. The second-order valence-corrected chi connectivity index (χ2v) is 10.7. The summed E-state index contributed by atoms with van der Waals surface area (Å²) in [5.74, 6) is -1.62. The molecule has 0 heterocycles. The molecule has 0 atom stereocenters. The number of hydrogen-bond donors (Lipinski definition) is 6. The van der Waals surface area contributed by atoms with Crippen LogP contribution in [0.1, 0.15) is 0 Å². The summed E-state index contributed by atoms with van der Waals surface area (Å²) in [4.78, 5) is -2.47. The largest absolute Gasteiger partial charge is 0.506 e. The highest BCUT2D eigenvalue weighted by atomic mass is 32.2. The number of benzene rings is 3. The zero-order valence-corrected chi connectivity index (χ0v) is 18.3. The topological polar surface area (TPSA) is 254 Å². The van der Waals surface area contributed by atoms with Gasteiger partial charge in [-0.25, -0.2) is 0 Å². The Kier molecular flexibility index (Phi) is 5.82. The first-order valence-corrected chi connectivity index (χ1v) is 12.6. The smallest absolute Gasteiger partial charge is 0.296 e. The van der Waals surface area contributed by atoms with Crippen LogP contribution >= 0.6 is 0 Å². The summed E-state index contributed by atoms with van der Waals surface area (Å²) >= 11 is 0. The van der Waals surface area contributed by atoms with Crippen LogP contribution in [0.25, 0.3) is 10.8 Å². The van der Waals surface area contributed by atoms with E-state index >= 15 is 0 Å². The molecule has 0 unspecified atom stereocenters. The molecular weight excluding hydrogens is 506 g/mol. The van der Waals surface area contributed by atoms with Gasteiger partial charge in [-0.1, -0.05) is 0 Å². The molecular formula is C16H13N3O11S3. The summed E-state index contributed by atoms with van der Waals surface area (Å²) in [7, 11) is -14.6. The van der Waals surface area contributed by atoms with Crippen LogP contribution < -0.4 is 5.73 Å². The van der Waals surface area contributed by atoms with E-state index in [2.05, 4.69) is 10.2 Å². The molecule has 0 bridgehead atoms. The summed E-state index contributed by atoms with van der Waals surface area (Å²) in [6.07, 6.45) is 0. The molecule has 3 aromatic rings. The molecule has 3 aromatic carbocycles. The van der Waals surface area contributed by atoms with Gasteiger partial charge < -0.3 is 15.9 Å². The molecule has 0 aromatic heterocycles. The number of aromatic hydroxyl groups is 2. The van der Waals surface area contributed by atoms with Crippen LogP contribution in [0, 0.1) is 0 Å². The molecule has 0 amide bonds. The maximum absolute atomic E-state index is 11.9. The fourth-order valence-electron chi connectivity index (χ4n) is 2.78. The van der Waals surface area contributed by atoms with Crippen molar-refractivity contribution in [2.75, 3.05) is 5.73 Å². The molecule has 17 heteroatoms. The molecule has 0 aliphatic carbocycles. The van der Waals surface area contributed by atoms with E-state index in [1.165, 1.54) is 0 Å². The number of phenolic OH excluding ortho intramolecular Hbond substituents is 2. The van der Waals surface area contributed by atoms with Crippen LogP contribution in [-0.4, -0.2) is 49.1 Å². The lowest BCUT2D eigenvalue weighted by atomic mass is 10.1. The van der Waals surface area contributed by atoms with Gasteiger partial charge in [0.05, 0.1) is 9.79 Å². The third kappa shape index (κ3) is 4.87. The minimum absolute atomic E-state index is 0.317. The lowest BCUT2D eigenvalue weighted by molar-refractivity contribution is 0.471. The second-order valence-electron chi connectivity index (χ2n) is 6.46. The van der Waals surface area contributed by atoms with Gasteiger partial charge in [0.15, 0.2) is 5.75 Å². The highest BCUT2D eigenvalue weighted by Crippen LogP contribution is 2.44. The van der Waals surface area contributed by atoms with E-state index in [4.69, 9.17) is 10.3 Å². The number of nitrogens with zero attached hydrogens (tertiary/aromatic N) is 2. The Morgan fingerprint density at radius 1 is 0.727 bits per heavy atom. The first-order chi connectivity index (χ1) is 15.0. The van der Waals surface area contributed by atoms with E-state index in [-0.39, 0.29) is 10.8 Å². The predicted molar refractivity (Wildman–Crippen MR) is 112 cm³/mol.